The van der Waals surface area contributed by atoms with Gasteiger partial charge in [0.15, 0.2) is 12.6 Å². The monoisotopic (exact) mass is 688 g/mol. The summed E-state index contributed by atoms with van der Waals surface area (Å²) in [5.41, 5.74) is 1.02. The second kappa shape index (κ2) is 16.6. The molecule has 13 heteroatoms. The summed E-state index contributed by atoms with van der Waals surface area (Å²) in [6.07, 6.45) is 6.22. The molecule has 12 nitrogen and oxygen atoms in total. The number of hydrogen-bond acceptors (Lipinski definition) is 12. The summed E-state index contributed by atoms with van der Waals surface area (Å²) in [6, 6.07) is 11.9. The van der Waals surface area contributed by atoms with Gasteiger partial charge in [-0.15, -0.1) is 0 Å². The first kappa shape index (κ1) is 37.1. The quantitative estimate of drug-likeness (QED) is 0.0992. The highest BCUT2D eigenvalue weighted by Crippen LogP contribution is 2.36. The lowest BCUT2D eigenvalue weighted by atomic mass is 9.98. The minimum Gasteiger partial charge on any atom is -0.493 e. The van der Waals surface area contributed by atoms with Crippen molar-refractivity contribution in [3.05, 3.63) is 77.4 Å². The third-order valence-electron chi connectivity index (χ3n) is 7.60. The van der Waals surface area contributed by atoms with E-state index in [1.807, 2.05) is 25.1 Å². The maximum Gasteiger partial charge on any atom is 0.342 e. The van der Waals surface area contributed by atoms with Gasteiger partial charge < -0.3 is 33.2 Å². The van der Waals surface area contributed by atoms with Crippen LogP contribution in [0.3, 0.4) is 0 Å². The van der Waals surface area contributed by atoms with E-state index in [4.69, 9.17) is 37.3 Å². The van der Waals surface area contributed by atoms with E-state index in [0.29, 0.717) is 29.7 Å². The number of ether oxygens (including phenoxy) is 7. The van der Waals surface area contributed by atoms with Crippen molar-refractivity contribution in [2.75, 3.05) is 33.4 Å². The standard InChI is InChI=1S/C35H44O12S/c1-23-16-17-28(45-33(36)25-12-8-7-9-13-25)32-29(46-35(3,4)47-32)15-10-14-26-20-27(41-18-11-19-43-48(6,38)39)21-30(42-22-40-5)31(26)34(37)44-24(23)2/h7-10,12-14,16-17,20-21,23-24,28-29,32H,11,15,18-19,22H2,1-6H3/b14-10+,17-16-/t23-,24+,28?,29+,32-/m1/s1. The molecule has 2 aliphatic rings. The number of methoxy groups -OCH3 is 1. The van der Waals surface area contributed by atoms with Gasteiger partial charge >= 0.3 is 11.9 Å². The van der Waals surface area contributed by atoms with Crippen LogP contribution in [0.5, 0.6) is 11.5 Å². The second-order valence-electron chi connectivity index (χ2n) is 12.0. The fourth-order valence-corrected chi connectivity index (χ4v) is 5.57. The van der Waals surface area contributed by atoms with Crippen molar-refractivity contribution in [1.82, 2.24) is 0 Å². The van der Waals surface area contributed by atoms with Crippen LogP contribution in [0.25, 0.3) is 6.08 Å². The molecule has 1 unspecified atom stereocenters. The van der Waals surface area contributed by atoms with E-state index in [1.165, 1.54) is 7.11 Å². The zero-order chi connectivity index (χ0) is 34.9. The van der Waals surface area contributed by atoms with E-state index in [-0.39, 0.29) is 37.2 Å². The fourth-order valence-electron chi connectivity index (χ4n) is 5.15. The first-order chi connectivity index (χ1) is 22.8. The highest BCUT2D eigenvalue weighted by atomic mass is 32.2. The Morgan fingerprint density at radius 3 is 2.48 bits per heavy atom. The molecule has 0 radical (unpaired) electrons. The van der Waals surface area contributed by atoms with Crippen molar-refractivity contribution in [3.8, 4) is 11.5 Å². The first-order valence-electron chi connectivity index (χ1n) is 15.7. The molecule has 0 aromatic heterocycles. The van der Waals surface area contributed by atoms with Gasteiger partial charge in [-0.3, -0.25) is 4.18 Å². The molecule has 2 aromatic carbocycles. The topological polar surface area (TPSA) is 142 Å². The van der Waals surface area contributed by atoms with Gasteiger partial charge in [0.05, 0.1) is 31.1 Å². The van der Waals surface area contributed by atoms with Gasteiger partial charge in [-0.25, -0.2) is 9.59 Å². The number of hydrogen-bond donors (Lipinski definition) is 0. The molecule has 1 fully saturated rings. The normalized spacial score (nSPS) is 25.5. The molecule has 48 heavy (non-hydrogen) atoms. The summed E-state index contributed by atoms with van der Waals surface area (Å²) in [6.45, 7) is 7.21. The third-order valence-corrected chi connectivity index (χ3v) is 8.19. The maximum atomic E-state index is 13.7. The van der Waals surface area contributed by atoms with Gasteiger partial charge in [0, 0.05) is 25.5 Å². The molecule has 2 heterocycles. The molecule has 262 valence electrons. The number of carbonyl (C=O) groups is 2. The van der Waals surface area contributed by atoms with Gasteiger partial charge in [0.2, 0.25) is 0 Å². The summed E-state index contributed by atoms with van der Waals surface area (Å²) in [5.74, 6) is -1.82. The number of esters is 2. The lowest BCUT2D eigenvalue weighted by Crippen LogP contribution is -2.37. The Bertz CT molecular complexity index is 1570. The Balaban J connectivity index is 1.69. The summed E-state index contributed by atoms with van der Waals surface area (Å²) >= 11 is 0. The first-order valence-corrected chi connectivity index (χ1v) is 17.5. The third kappa shape index (κ3) is 10.6. The van der Waals surface area contributed by atoms with Crippen LogP contribution in [-0.4, -0.2) is 83.9 Å². The summed E-state index contributed by atoms with van der Waals surface area (Å²) in [4.78, 5) is 26.9. The molecule has 0 saturated carbocycles. The lowest BCUT2D eigenvalue weighted by molar-refractivity contribution is -0.152. The van der Waals surface area contributed by atoms with E-state index < -0.39 is 52.3 Å². The zero-order valence-corrected chi connectivity index (χ0v) is 28.9. The van der Waals surface area contributed by atoms with Gasteiger partial charge in [-0.1, -0.05) is 43.4 Å². The van der Waals surface area contributed by atoms with Gasteiger partial charge in [-0.2, -0.15) is 8.42 Å². The molecule has 2 aromatic rings. The predicted octanol–water partition coefficient (Wildman–Crippen LogP) is 5.31. The molecular weight excluding hydrogens is 644 g/mol. The maximum absolute atomic E-state index is 13.7. The van der Waals surface area contributed by atoms with Crippen molar-refractivity contribution in [2.45, 2.75) is 70.7 Å². The molecule has 1 saturated heterocycles. The SMILES string of the molecule is COCOc1cc(OCCCOS(C)(=O)=O)cc2c1C(=O)O[C@@H](C)[C@H](C)/C=C\C(OC(=O)c1ccccc1)[C@H]1OC(C)(C)O[C@H]1C/C=C/2. The molecule has 4 rings (SSSR count). The summed E-state index contributed by atoms with van der Waals surface area (Å²) in [7, 11) is -2.11. The predicted molar refractivity (Wildman–Crippen MR) is 176 cm³/mol. The number of carbonyl (C=O) groups excluding carboxylic acids is 2. The van der Waals surface area contributed by atoms with E-state index in [2.05, 4.69) is 0 Å². The Morgan fingerprint density at radius 1 is 1.02 bits per heavy atom. The minimum absolute atomic E-state index is 0.0455. The molecule has 0 bridgehead atoms. The van der Waals surface area contributed by atoms with Crippen LogP contribution in [0, 0.1) is 5.92 Å². The van der Waals surface area contributed by atoms with Crippen LogP contribution in [-0.2, 0) is 38.0 Å². The Kier molecular flexibility index (Phi) is 12.8. The molecule has 2 aliphatic heterocycles. The second-order valence-corrected chi connectivity index (χ2v) is 13.7. The Morgan fingerprint density at radius 2 is 1.77 bits per heavy atom. The van der Waals surface area contributed by atoms with Gasteiger partial charge in [-0.05, 0) is 57.0 Å². The molecule has 0 aliphatic carbocycles. The lowest BCUT2D eigenvalue weighted by Gasteiger charge is -2.25. The van der Waals surface area contributed by atoms with Gasteiger partial charge in [0.25, 0.3) is 10.1 Å². The molecule has 0 spiro atoms. The van der Waals surface area contributed by atoms with Crippen molar-refractivity contribution in [3.63, 3.8) is 0 Å². The Hall–Kier alpha value is -3.75. The smallest absolute Gasteiger partial charge is 0.342 e. The van der Waals surface area contributed by atoms with Crippen LogP contribution in [0.4, 0.5) is 0 Å². The zero-order valence-electron chi connectivity index (χ0n) is 28.1. The van der Waals surface area contributed by atoms with Crippen molar-refractivity contribution >= 4 is 28.1 Å². The van der Waals surface area contributed by atoms with E-state index in [1.54, 1.807) is 69.3 Å². The number of benzene rings is 2. The Labute approximate surface area is 282 Å². The van der Waals surface area contributed by atoms with Crippen molar-refractivity contribution in [2.24, 2.45) is 5.92 Å². The fraction of sp³-hybridized carbons (Fsp3) is 0.486. The number of cyclic esters (lactones) is 1. The average Bonchev–Trinajstić information content (AvgIpc) is 3.34. The number of rotatable bonds is 11. The highest BCUT2D eigenvalue weighted by molar-refractivity contribution is 7.85. The van der Waals surface area contributed by atoms with Crippen LogP contribution in [0.2, 0.25) is 0 Å². The van der Waals surface area contributed by atoms with E-state index >= 15 is 0 Å². The molecular formula is C35H44O12S. The van der Waals surface area contributed by atoms with Gasteiger partial charge in [0.1, 0.15) is 35.4 Å². The molecule has 0 amide bonds. The molecule has 0 N–H and O–H groups in total. The van der Waals surface area contributed by atoms with E-state index in [0.717, 1.165) is 6.26 Å². The van der Waals surface area contributed by atoms with Crippen molar-refractivity contribution in [1.29, 1.82) is 0 Å². The van der Waals surface area contributed by atoms with Crippen LogP contribution >= 0.6 is 0 Å². The minimum atomic E-state index is -3.57. The van der Waals surface area contributed by atoms with Crippen LogP contribution < -0.4 is 9.47 Å². The highest BCUT2D eigenvalue weighted by Gasteiger charge is 2.45. The van der Waals surface area contributed by atoms with E-state index in [9.17, 15) is 18.0 Å². The van der Waals surface area contributed by atoms with Crippen LogP contribution in [0.15, 0.2) is 60.7 Å². The molecule has 5 atom stereocenters. The average molecular weight is 689 g/mol. The summed E-state index contributed by atoms with van der Waals surface area (Å²) < 4.78 is 68.7. The van der Waals surface area contributed by atoms with Crippen molar-refractivity contribution < 1.29 is 55.3 Å². The largest absolute Gasteiger partial charge is 0.493 e. The summed E-state index contributed by atoms with van der Waals surface area (Å²) in [5, 5.41) is 0. The van der Waals surface area contributed by atoms with Crippen LogP contribution in [0.1, 0.15) is 66.8 Å². The number of fused-ring (bicyclic) bond motifs is 2.